The monoisotopic (exact) mass is 399 g/mol. The van der Waals surface area contributed by atoms with Crippen molar-refractivity contribution in [3.8, 4) is 11.5 Å². The van der Waals surface area contributed by atoms with Crippen LogP contribution in [0.25, 0.3) is 0 Å². The van der Waals surface area contributed by atoms with Crippen molar-refractivity contribution in [3.63, 3.8) is 0 Å². The summed E-state index contributed by atoms with van der Waals surface area (Å²) in [7, 11) is -1.44. The number of hydrogen-bond donors (Lipinski definition) is 1. The van der Waals surface area contributed by atoms with Crippen LogP contribution < -0.4 is 4.46 Å². The van der Waals surface area contributed by atoms with Gasteiger partial charge in [0.05, 0.1) is 0 Å². The van der Waals surface area contributed by atoms with Crippen molar-refractivity contribution in [3.05, 3.63) is 34.4 Å². The van der Waals surface area contributed by atoms with E-state index in [0.717, 1.165) is 10.9 Å². The third kappa shape index (κ3) is 7.32. The predicted octanol–water partition coefficient (Wildman–Crippen LogP) is 3.14. The van der Waals surface area contributed by atoms with Gasteiger partial charge in [-0.05, 0) is 0 Å². The fourth-order valence-electron chi connectivity index (χ4n) is 2.03. The van der Waals surface area contributed by atoms with Crippen LogP contribution in [0.2, 0.25) is 24.5 Å². The Labute approximate surface area is 146 Å². The zero-order chi connectivity index (χ0) is 17.5. The molecule has 0 saturated heterocycles. The summed E-state index contributed by atoms with van der Waals surface area (Å²) < 4.78 is 0.736. The number of para-hydroxylation sites is 1. The molecule has 6 heteroatoms. The van der Waals surface area contributed by atoms with E-state index in [0.29, 0.717) is 12.8 Å². The first-order valence-corrected chi connectivity index (χ1v) is 13.2. The van der Waals surface area contributed by atoms with Gasteiger partial charge >= 0.3 is 146 Å². The van der Waals surface area contributed by atoms with Crippen LogP contribution in [-0.2, 0) is 0 Å². The van der Waals surface area contributed by atoms with Gasteiger partial charge in [-0.1, -0.05) is 0 Å². The summed E-state index contributed by atoms with van der Waals surface area (Å²) in [5.41, 5.74) is 3.48. The van der Waals surface area contributed by atoms with Crippen LogP contribution in [-0.4, -0.2) is 39.2 Å². The molecule has 0 aromatic heterocycles. The molecule has 1 aromatic rings. The third-order valence-electron chi connectivity index (χ3n) is 3.12. The van der Waals surface area contributed by atoms with Gasteiger partial charge in [0, 0.05) is 0 Å². The minimum atomic E-state index is -1.44. The molecule has 0 heterocycles. The molecule has 1 N–H and O–H groups in total. The van der Waals surface area contributed by atoms with Crippen molar-refractivity contribution in [2.45, 2.75) is 56.7 Å². The van der Waals surface area contributed by atoms with E-state index in [1.54, 1.807) is 12.1 Å². The fraction of sp³-hybridized carbons (Fsp3) is 0.529. The van der Waals surface area contributed by atoms with Crippen molar-refractivity contribution in [1.82, 2.24) is 0 Å². The molecular weight excluding hydrogens is 373 g/mol. The van der Waals surface area contributed by atoms with Gasteiger partial charge in [-0.15, -0.1) is 0 Å². The van der Waals surface area contributed by atoms with Crippen molar-refractivity contribution in [1.29, 1.82) is 0 Å². The van der Waals surface area contributed by atoms with Gasteiger partial charge < -0.3 is 0 Å². The molecule has 0 radical (unpaired) electrons. The Morgan fingerprint density at radius 1 is 1.35 bits per heavy atom. The van der Waals surface area contributed by atoms with Gasteiger partial charge in [-0.2, -0.15) is 0 Å². The average molecular weight is 398 g/mol. The molecule has 0 amide bonds. The van der Waals surface area contributed by atoms with Gasteiger partial charge in [0.15, 0.2) is 0 Å². The van der Waals surface area contributed by atoms with Crippen LogP contribution in [0.3, 0.4) is 0 Å². The Bertz CT molecular complexity index is 589. The molecule has 1 rings (SSSR count). The molecule has 126 valence electrons. The Morgan fingerprint density at radius 3 is 2.57 bits per heavy atom. The Hall–Kier alpha value is -1.12. The van der Waals surface area contributed by atoms with Gasteiger partial charge in [0.25, 0.3) is 0 Å². The van der Waals surface area contributed by atoms with Crippen LogP contribution in [0.1, 0.15) is 26.2 Å². The van der Waals surface area contributed by atoms with Crippen LogP contribution in [0.4, 0.5) is 5.69 Å². The van der Waals surface area contributed by atoms with E-state index < -0.39 is 14.2 Å². The number of nitrogens with zero attached hydrogens (tertiary/aromatic N) is 1. The molecule has 0 aliphatic heterocycles. The number of aliphatic hydroxyl groups excluding tert-OH is 1. The summed E-state index contributed by atoms with van der Waals surface area (Å²) >= 11 is -0.174. The third-order valence-corrected chi connectivity index (χ3v) is 6.95. The summed E-state index contributed by atoms with van der Waals surface area (Å²) in [6.07, 6.45) is 1.77. The van der Waals surface area contributed by atoms with Crippen molar-refractivity contribution in [2.24, 2.45) is 0 Å². The number of rotatable bonds is 7. The quantitative estimate of drug-likeness (QED) is 0.332. The second-order valence-corrected chi connectivity index (χ2v) is 13.9. The van der Waals surface area contributed by atoms with E-state index in [4.69, 9.17) is 0 Å². The topological polar surface area (TPSA) is 63.4 Å². The van der Waals surface area contributed by atoms with Crippen LogP contribution in [0.15, 0.2) is 24.3 Å². The minimum absolute atomic E-state index is 0.00704. The zero-order valence-corrected chi connectivity index (χ0v) is 16.9. The molecule has 0 bridgehead atoms. The molecule has 0 fully saturated rings. The Morgan fingerprint density at radius 2 is 2.00 bits per heavy atom. The first-order chi connectivity index (χ1) is 10.7. The first-order valence-electron chi connectivity index (χ1n) is 7.82. The molecule has 2 atom stereocenters. The maximum absolute atomic E-state index is 11.2. The normalized spacial score (nSPS) is 13.8. The van der Waals surface area contributed by atoms with E-state index >= 15 is 0 Å². The summed E-state index contributed by atoms with van der Waals surface area (Å²) in [5, 5.41) is 21.6. The predicted molar refractivity (Wildman–Crippen MR) is 98.9 cm³/mol. The SMILES string of the molecule is CCC[C@@H](O)[C@H](CC#C[Si](C)(C)C)[Se]c1ccccc1[N+](=O)[O-]. The molecule has 1 aromatic carbocycles. The van der Waals surface area contributed by atoms with Crippen molar-refractivity contribution in [2.75, 3.05) is 0 Å². The van der Waals surface area contributed by atoms with E-state index in [2.05, 4.69) is 31.1 Å². The number of nitro groups is 1. The van der Waals surface area contributed by atoms with Crippen LogP contribution in [0.5, 0.6) is 0 Å². The summed E-state index contributed by atoms with van der Waals surface area (Å²) in [4.78, 5) is 10.8. The second-order valence-electron chi connectivity index (χ2n) is 6.49. The Balaban J connectivity index is 2.97. The molecule has 0 aliphatic carbocycles. The maximum atomic E-state index is 11.2. The molecule has 0 spiro atoms. The van der Waals surface area contributed by atoms with Crippen molar-refractivity contribution < 1.29 is 10.0 Å². The standard InChI is InChI=1S/C17H25NO3SeSi/c1-5-9-15(19)17(12-8-13-23(2,3)4)22-16-11-7-6-10-14(16)18(20)21/h6-7,10-11,15,17,19H,5,9,12H2,1-4H3/t15-,17+/m1/s1. The van der Waals surface area contributed by atoms with Crippen LogP contribution >= 0.6 is 0 Å². The van der Waals surface area contributed by atoms with Gasteiger partial charge in [-0.25, -0.2) is 0 Å². The molecule has 0 unspecified atom stereocenters. The number of hydrogen-bond acceptors (Lipinski definition) is 3. The molecule has 23 heavy (non-hydrogen) atoms. The van der Waals surface area contributed by atoms with Gasteiger partial charge in [0.2, 0.25) is 0 Å². The summed E-state index contributed by atoms with van der Waals surface area (Å²) in [6.45, 7) is 8.59. The molecule has 0 aliphatic rings. The molecular formula is C17H25NO3SeSi. The Kier molecular flexibility index (Phi) is 8.00. The van der Waals surface area contributed by atoms with E-state index in [1.165, 1.54) is 6.07 Å². The second kappa shape index (κ2) is 9.24. The van der Waals surface area contributed by atoms with Gasteiger partial charge in [0.1, 0.15) is 0 Å². The number of aliphatic hydroxyl groups is 1. The fourth-order valence-corrected chi connectivity index (χ4v) is 5.19. The molecule has 4 nitrogen and oxygen atoms in total. The van der Waals surface area contributed by atoms with Crippen molar-refractivity contribution >= 4 is 33.2 Å². The summed E-state index contributed by atoms with van der Waals surface area (Å²) in [6, 6.07) is 6.84. The van der Waals surface area contributed by atoms with E-state index in [-0.39, 0.29) is 30.4 Å². The average Bonchev–Trinajstić information content (AvgIpc) is 2.45. The zero-order valence-electron chi connectivity index (χ0n) is 14.2. The van der Waals surface area contributed by atoms with Crippen LogP contribution in [0, 0.1) is 21.6 Å². The van der Waals surface area contributed by atoms with E-state index in [1.807, 2.05) is 13.0 Å². The number of benzene rings is 1. The van der Waals surface area contributed by atoms with E-state index in [9.17, 15) is 15.2 Å². The summed E-state index contributed by atoms with van der Waals surface area (Å²) in [5.74, 6) is 3.23. The molecule has 0 saturated carbocycles. The van der Waals surface area contributed by atoms with Gasteiger partial charge in [-0.3, -0.25) is 0 Å². The first kappa shape index (κ1) is 19.9. The number of nitro benzene ring substituents is 1.